The molecule has 5 heteroatoms. The third kappa shape index (κ3) is 6.72. The Morgan fingerprint density at radius 3 is 2.57 bits per heavy atom. The summed E-state index contributed by atoms with van der Waals surface area (Å²) in [6.45, 7) is 8.79. The van der Waals surface area contributed by atoms with Crippen LogP contribution in [-0.2, 0) is 11.3 Å². The number of rotatable bonds is 9. The first-order chi connectivity index (χ1) is 13.4. The molecule has 0 aromatic heterocycles. The number of carbonyl (C=O) groups is 2. The zero-order chi connectivity index (χ0) is 20.5. The van der Waals surface area contributed by atoms with E-state index in [4.69, 9.17) is 4.74 Å². The highest BCUT2D eigenvalue weighted by molar-refractivity contribution is 5.94. The molecule has 0 spiro atoms. The minimum absolute atomic E-state index is 0.0849. The molecule has 0 saturated heterocycles. The van der Waals surface area contributed by atoms with E-state index in [0.717, 1.165) is 17.7 Å². The van der Waals surface area contributed by atoms with Gasteiger partial charge in [0, 0.05) is 18.2 Å². The van der Waals surface area contributed by atoms with Crippen molar-refractivity contribution in [2.45, 2.75) is 53.1 Å². The first kappa shape index (κ1) is 21.5. The highest BCUT2D eigenvalue weighted by atomic mass is 16.5. The molecule has 2 aromatic carbocycles. The molecule has 1 unspecified atom stereocenters. The topological polar surface area (TPSA) is 67.4 Å². The molecule has 0 aliphatic heterocycles. The van der Waals surface area contributed by atoms with Crippen molar-refractivity contribution in [2.75, 3.05) is 6.61 Å². The molecule has 0 radical (unpaired) electrons. The van der Waals surface area contributed by atoms with Gasteiger partial charge < -0.3 is 15.4 Å². The van der Waals surface area contributed by atoms with Crippen molar-refractivity contribution >= 4 is 11.8 Å². The second kappa shape index (κ2) is 10.5. The molecule has 2 amide bonds. The maximum Gasteiger partial charge on any atom is 0.251 e. The van der Waals surface area contributed by atoms with E-state index in [0.29, 0.717) is 18.7 Å². The minimum atomic E-state index is -0.0932. The molecule has 5 nitrogen and oxygen atoms in total. The highest BCUT2D eigenvalue weighted by Gasteiger charge is 2.09. The summed E-state index contributed by atoms with van der Waals surface area (Å²) >= 11 is 0. The van der Waals surface area contributed by atoms with Crippen LogP contribution in [-0.4, -0.2) is 24.5 Å². The number of ether oxygens (including phenoxy) is 1. The molecule has 0 bridgehead atoms. The van der Waals surface area contributed by atoms with E-state index in [2.05, 4.69) is 17.6 Å². The van der Waals surface area contributed by atoms with Crippen molar-refractivity contribution in [2.24, 2.45) is 0 Å². The van der Waals surface area contributed by atoms with Crippen LogP contribution in [0.25, 0.3) is 0 Å². The fourth-order valence-electron chi connectivity index (χ4n) is 2.59. The Morgan fingerprint density at radius 1 is 1.07 bits per heavy atom. The molecule has 28 heavy (non-hydrogen) atoms. The summed E-state index contributed by atoms with van der Waals surface area (Å²) in [6.07, 6.45) is 1.16. The molecule has 0 heterocycles. The Bertz CT molecular complexity index is 817. The Balaban J connectivity index is 1.78. The first-order valence-electron chi connectivity index (χ1n) is 9.75. The van der Waals surface area contributed by atoms with Gasteiger partial charge in [0.2, 0.25) is 5.91 Å². The summed E-state index contributed by atoms with van der Waals surface area (Å²) < 4.78 is 5.65. The predicted octanol–water partition coefficient (Wildman–Crippen LogP) is 3.92. The molecule has 0 saturated carbocycles. The molecule has 1 atom stereocenters. The van der Waals surface area contributed by atoms with Crippen molar-refractivity contribution in [3.8, 4) is 5.75 Å². The molecule has 2 aromatic rings. The van der Waals surface area contributed by atoms with E-state index >= 15 is 0 Å². The van der Waals surface area contributed by atoms with Crippen molar-refractivity contribution in [3.05, 3.63) is 64.7 Å². The molecular weight excluding hydrogens is 352 g/mol. The van der Waals surface area contributed by atoms with Crippen LogP contribution in [0.1, 0.15) is 53.7 Å². The average molecular weight is 383 g/mol. The maximum atomic E-state index is 12.2. The van der Waals surface area contributed by atoms with Gasteiger partial charge in [0.05, 0.1) is 13.0 Å². The van der Waals surface area contributed by atoms with Crippen molar-refractivity contribution < 1.29 is 14.3 Å². The van der Waals surface area contributed by atoms with Crippen molar-refractivity contribution in [3.63, 3.8) is 0 Å². The van der Waals surface area contributed by atoms with Gasteiger partial charge in [-0.25, -0.2) is 0 Å². The lowest BCUT2D eigenvalue weighted by Gasteiger charge is -2.12. The number of carbonyl (C=O) groups excluding carboxylic acids is 2. The predicted molar refractivity (Wildman–Crippen MR) is 112 cm³/mol. The van der Waals surface area contributed by atoms with E-state index in [1.54, 1.807) is 6.07 Å². The van der Waals surface area contributed by atoms with E-state index in [9.17, 15) is 9.59 Å². The summed E-state index contributed by atoms with van der Waals surface area (Å²) in [5, 5.41) is 5.82. The molecular formula is C23H30N2O3. The summed E-state index contributed by atoms with van der Waals surface area (Å²) in [5.41, 5.74) is 3.87. The van der Waals surface area contributed by atoms with Crippen molar-refractivity contribution in [1.82, 2.24) is 10.6 Å². The van der Waals surface area contributed by atoms with Gasteiger partial charge in [-0.15, -0.1) is 0 Å². The zero-order valence-electron chi connectivity index (χ0n) is 17.2. The summed E-state index contributed by atoms with van der Waals surface area (Å²) in [6, 6.07) is 13.3. The molecule has 150 valence electrons. The monoisotopic (exact) mass is 382 g/mol. The molecule has 2 rings (SSSR count). The van der Waals surface area contributed by atoms with Crippen LogP contribution < -0.4 is 15.4 Å². The van der Waals surface area contributed by atoms with Crippen LogP contribution in [0.5, 0.6) is 5.75 Å². The summed E-state index contributed by atoms with van der Waals surface area (Å²) in [4.78, 5) is 24.3. The zero-order valence-corrected chi connectivity index (χ0v) is 17.2. The second-order valence-electron chi connectivity index (χ2n) is 7.10. The molecule has 0 aliphatic rings. The van der Waals surface area contributed by atoms with Crippen LogP contribution in [0.15, 0.2) is 42.5 Å². The third-order valence-corrected chi connectivity index (χ3v) is 4.74. The summed E-state index contributed by atoms with van der Waals surface area (Å²) in [5.74, 6) is 0.596. The van der Waals surface area contributed by atoms with Crippen LogP contribution in [0, 0.1) is 13.8 Å². The Kier molecular flexibility index (Phi) is 8.05. The lowest BCUT2D eigenvalue weighted by Crippen LogP contribution is -2.32. The van der Waals surface area contributed by atoms with Gasteiger partial charge in [-0.05, 0) is 68.1 Å². The van der Waals surface area contributed by atoms with Gasteiger partial charge in [-0.3, -0.25) is 9.59 Å². The highest BCUT2D eigenvalue weighted by Crippen LogP contribution is 2.16. The van der Waals surface area contributed by atoms with Gasteiger partial charge in [0.1, 0.15) is 5.75 Å². The third-order valence-electron chi connectivity index (χ3n) is 4.74. The SMILES string of the molecule is CCC(C)NC(=O)c1cccc(CNC(=O)CCOc2ccc(C)c(C)c2)c1. The second-order valence-corrected chi connectivity index (χ2v) is 7.10. The Hall–Kier alpha value is -2.82. The molecule has 0 aliphatic carbocycles. The van der Waals surface area contributed by atoms with Gasteiger partial charge >= 0.3 is 0 Å². The molecule has 0 fully saturated rings. The van der Waals surface area contributed by atoms with Gasteiger partial charge in [-0.1, -0.05) is 25.1 Å². The van der Waals surface area contributed by atoms with Crippen LogP contribution in [0.2, 0.25) is 0 Å². The minimum Gasteiger partial charge on any atom is -0.493 e. The number of hydrogen-bond donors (Lipinski definition) is 2. The van der Waals surface area contributed by atoms with Crippen molar-refractivity contribution in [1.29, 1.82) is 0 Å². The van der Waals surface area contributed by atoms with E-state index < -0.39 is 0 Å². The average Bonchev–Trinajstić information content (AvgIpc) is 2.69. The smallest absolute Gasteiger partial charge is 0.251 e. The number of amides is 2. The lowest BCUT2D eigenvalue weighted by atomic mass is 10.1. The number of aryl methyl sites for hydroxylation is 2. The van der Waals surface area contributed by atoms with Crippen LogP contribution >= 0.6 is 0 Å². The molecule has 2 N–H and O–H groups in total. The Labute approximate surface area is 167 Å². The van der Waals surface area contributed by atoms with Crippen LogP contribution in [0.3, 0.4) is 0 Å². The van der Waals surface area contributed by atoms with Gasteiger partial charge in [0.25, 0.3) is 5.91 Å². The number of benzene rings is 2. The van der Waals surface area contributed by atoms with Gasteiger partial charge in [-0.2, -0.15) is 0 Å². The van der Waals surface area contributed by atoms with Gasteiger partial charge in [0.15, 0.2) is 0 Å². The van der Waals surface area contributed by atoms with E-state index in [-0.39, 0.29) is 24.3 Å². The fourth-order valence-corrected chi connectivity index (χ4v) is 2.59. The quantitative estimate of drug-likeness (QED) is 0.691. The lowest BCUT2D eigenvalue weighted by molar-refractivity contribution is -0.121. The maximum absolute atomic E-state index is 12.2. The number of hydrogen-bond acceptors (Lipinski definition) is 3. The largest absolute Gasteiger partial charge is 0.493 e. The standard InChI is InChI=1S/C23H30N2O3/c1-5-18(4)25-23(27)20-8-6-7-19(14-20)15-24-22(26)11-12-28-21-10-9-16(2)17(3)13-21/h6-10,13-14,18H,5,11-12,15H2,1-4H3,(H,24,26)(H,25,27). The Morgan fingerprint density at radius 2 is 1.86 bits per heavy atom. The summed E-state index contributed by atoms with van der Waals surface area (Å²) in [7, 11) is 0. The normalized spacial score (nSPS) is 11.6. The van der Waals surface area contributed by atoms with Crippen LogP contribution in [0.4, 0.5) is 0 Å². The van der Waals surface area contributed by atoms with E-state index in [1.807, 2.05) is 57.2 Å². The fraction of sp³-hybridized carbons (Fsp3) is 0.391. The number of nitrogens with one attached hydrogen (secondary N) is 2. The first-order valence-corrected chi connectivity index (χ1v) is 9.75. The van der Waals surface area contributed by atoms with E-state index in [1.165, 1.54) is 11.1 Å².